The van der Waals surface area contributed by atoms with Crippen molar-refractivity contribution in [2.24, 2.45) is 0 Å². The first-order valence-electron chi connectivity index (χ1n) is 5.27. The van der Waals surface area contributed by atoms with Crippen molar-refractivity contribution in [1.82, 2.24) is 4.98 Å². The molecule has 2 N–H and O–H groups in total. The van der Waals surface area contributed by atoms with Crippen molar-refractivity contribution < 1.29 is 13.9 Å². The minimum absolute atomic E-state index is 0.146. The average molecular weight is 234 g/mol. The van der Waals surface area contributed by atoms with Gasteiger partial charge in [0.2, 0.25) is 0 Å². The summed E-state index contributed by atoms with van der Waals surface area (Å²) in [5.41, 5.74) is 6.27. The van der Waals surface area contributed by atoms with Crippen LogP contribution in [0.2, 0.25) is 0 Å². The Balaban J connectivity index is 2.37. The molecule has 0 saturated heterocycles. The van der Waals surface area contributed by atoms with E-state index in [-0.39, 0.29) is 6.01 Å². The zero-order chi connectivity index (χ0) is 12.3. The van der Waals surface area contributed by atoms with Gasteiger partial charge in [0.15, 0.2) is 17.3 Å². The molecule has 1 heterocycles. The average Bonchev–Trinajstić information content (AvgIpc) is 2.77. The summed E-state index contributed by atoms with van der Waals surface area (Å²) in [4.78, 5) is 3.85. The third kappa shape index (κ3) is 2.33. The van der Waals surface area contributed by atoms with E-state index < -0.39 is 0 Å². The van der Waals surface area contributed by atoms with Crippen molar-refractivity contribution in [3.8, 4) is 22.8 Å². The summed E-state index contributed by atoms with van der Waals surface area (Å²) in [6.07, 6.45) is 1.57. The molecule has 17 heavy (non-hydrogen) atoms. The van der Waals surface area contributed by atoms with Gasteiger partial charge in [0.1, 0.15) is 0 Å². The first kappa shape index (κ1) is 11.3. The van der Waals surface area contributed by atoms with Crippen LogP contribution < -0.4 is 15.2 Å². The molecule has 0 aliphatic carbocycles. The smallest absolute Gasteiger partial charge is 0.292 e. The number of rotatable bonds is 4. The van der Waals surface area contributed by atoms with Crippen LogP contribution in [-0.4, -0.2) is 18.7 Å². The molecule has 90 valence electrons. The largest absolute Gasteiger partial charge is 0.493 e. The SMILES string of the molecule is CCOc1ccc(-c2cnc(N)o2)cc1OC. The molecule has 0 aliphatic rings. The topological polar surface area (TPSA) is 70.5 Å². The second kappa shape index (κ2) is 4.78. The summed E-state index contributed by atoms with van der Waals surface area (Å²) in [5.74, 6) is 1.95. The molecule has 0 amide bonds. The Labute approximate surface area is 99.2 Å². The lowest BCUT2D eigenvalue weighted by Crippen LogP contribution is -1.95. The number of benzene rings is 1. The first-order valence-corrected chi connectivity index (χ1v) is 5.27. The van der Waals surface area contributed by atoms with Gasteiger partial charge in [-0.1, -0.05) is 0 Å². The number of nitrogens with two attached hydrogens (primary N) is 1. The van der Waals surface area contributed by atoms with Gasteiger partial charge in [0, 0.05) is 5.56 Å². The number of anilines is 1. The van der Waals surface area contributed by atoms with Crippen LogP contribution in [0.3, 0.4) is 0 Å². The van der Waals surface area contributed by atoms with E-state index in [0.717, 1.165) is 5.56 Å². The summed E-state index contributed by atoms with van der Waals surface area (Å²) in [5, 5.41) is 0. The molecule has 1 aromatic heterocycles. The molecule has 0 unspecified atom stereocenters. The molecule has 0 fully saturated rings. The fourth-order valence-corrected chi connectivity index (χ4v) is 1.52. The standard InChI is InChI=1S/C12H14N2O3/c1-3-16-9-5-4-8(6-10(9)15-2)11-7-14-12(13)17-11/h4-7H,3H2,1-2H3,(H2,13,14). The van der Waals surface area contributed by atoms with Crippen LogP contribution in [0.25, 0.3) is 11.3 Å². The molecule has 0 aliphatic heterocycles. The number of nitrogen functional groups attached to an aromatic ring is 1. The Bertz CT molecular complexity index is 508. The molecule has 2 aromatic rings. The van der Waals surface area contributed by atoms with Crippen molar-refractivity contribution in [2.45, 2.75) is 6.92 Å². The van der Waals surface area contributed by atoms with E-state index in [2.05, 4.69) is 4.98 Å². The zero-order valence-electron chi connectivity index (χ0n) is 9.77. The Morgan fingerprint density at radius 3 is 2.76 bits per heavy atom. The van der Waals surface area contributed by atoms with Crippen molar-refractivity contribution in [2.75, 3.05) is 19.5 Å². The quantitative estimate of drug-likeness (QED) is 0.879. The van der Waals surface area contributed by atoms with Crippen LogP contribution in [-0.2, 0) is 0 Å². The molecule has 0 atom stereocenters. The summed E-state index contributed by atoms with van der Waals surface area (Å²) in [7, 11) is 1.59. The molecule has 0 spiro atoms. The minimum atomic E-state index is 0.146. The Morgan fingerprint density at radius 1 is 1.35 bits per heavy atom. The number of nitrogens with zero attached hydrogens (tertiary/aromatic N) is 1. The third-order valence-electron chi connectivity index (χ3n) is 2.27. The first-order chi connectivity index (χ1) is 8.24. The lowest BCUT2D eigenvalue weighted by atomic mass is 10.1. The highest BCUT2D eigenvalue weighted by Gasteiger charge is 2.09. The molecule has 5 nitrogen and oxygen atoms in total. The third-order valence-corrected chi connectivity index (χ3v) is 2.27. The Morgan fingerprint density at radius 2 is 2.18 bits per heavy atom. The maximum absolute atomic E-state index is 5.43. The lowest BCUT2D eigenvalue weighted by molar-refractivity contribution is 0.311. The van der Waals surface area contributed by atoms with Gasteiger partial charge in [0.25, 0.3) is 6.01 Å². The highest BCUT2D eigenvalue weighted by Crippen LogP contribution is 2.32. The highest BCUT2D eigenvalue weighted by atomic mass is 16.5. The molecule has 0 radical (unpaired) electrons. The molecule has 1 aromatic carbocycles. The van der Waals surface area contributed by atoms with Gasteiger partial charge in [0.05, 0.1) is 19.9 Å². The maximum atomic E-state index is 5.43. The number of oxazole rings is 1. The molecule has 0 saturated carbocycles. The van der Waals surface area contributed by atoms with E-state index in [9.17, 15) is 0 Å². The summed E-state index contributed by atoms with van der Waals surface area (Å²) in [6, 6.07) is 5.67. The monoisotopic (exact) mass is 234 g/mol. The number of aromatic nitrogens is 1. The summed E-state index contributed by atoms with van der Waals surface area (Å²) < 4.78 is 15.9. The van der Waals surface area contributed by atoms with Gasteiger partial charge in [-0.2, -0.15) is 0 Å². The second-order valence-corrected chi connectivity index (χ2v) is 3.36. The van der Waals surface area contributed by atoms with Crippen molar-refractivity contribution >= 4 is 6.01 Å². The maximum Gasteiger partial charge on any atom is 0.292 e. The van der Waals surface area contributed by atoms with Crippen molar-refractivity contribution in [1.29, 1.82) is 0 Å². The molecule has 2 rings (SSSR count). The predicted molar refractivity (Wildman–Crippen MR) is 64.1 cm³/mol. The summed E-state index contributed by atoms with van der Waals surface area (Å²) in [6.45, 7) is 2.51. The number of ether oxygens (including phenoxy) is 2. The second-order valence-electron chi connectivity index (χ2n) is 3.36. The van der Waals surface area contributed by atoms with E-state index in [1.54, 1.807) is 13.3 Å². The fraction of sp³-hybridized carbons (Fsp3) is 0.250. The highest BCUT2D eigenvalue weighted by molar-refractivity contribution is 5.62. The van der Waals surface area contributed by atoms with Gasteiger partial charge in [-0.3, -0.25) is 0 Å². The molecular formula is C12H14N2O3. The van der Waals surface area contributed by atoms with Crippen LogP contribution in [0.1, 0.15) is 6.92 Å². The Hall–Kier alpha value is -2.17. The van der Waals surface area contributed by atoms with E-state index >= 15 is 0 Å². The van der Waals surface area contributed by atoms with Crippen LogP contribution in [0.4, 0.5) is 6.01 Å². The van der Waals surface area contributed by atoms with Gasteiger partial charge in [-0.25, -0.2) is 4.98 Å². The summed E-state index contributed by atoms with van der Waals surface area (Å²) >= 11 is 0. The van der Waals surface area contributed by atoms with Gasteiger partial charge in [-0.05, 0) is 25.1 Å². The zero-order valence-corrected chi connectivity index (χ0v) is 9.77. The van der Waals surface area contributed by atoms with Crippen LogP contribution in [0.15, 0.2) is 28.8 Å². The molecule has 0 bridgehead atoms. The number of hydrogen-bond acceptors (Lipinski definition) is 5. The van der Waals surface area contributed by atoms with Gasteiger partial charge < -0.3 is 19.6 Å². The van der Waals surface area contributed by atoms with E-state index in [1.165, 1.54) is 0 Å². The van der Waals surface area contributed by atoms with E-state index in [1.807, 2.05) is 25.1 Å². The molecular weight excluding hydrogens is 220 g/mol. The van der Waals surface area contributed by atoms with E-state index in [0.29, 0.717) is 23.9 Å². The van der Waals surface area contributed by atoms with Crippen molar-refractivity contribution in [3.63, 3.8) is 0 Å². The minimum Gasteiger partial charge on any atom is -0.493 e. The lowest BCUT2D eigenvalue weighted by Gasteiger charge is -2.09. The van der Waals surface area contributed by atoms with E-state index in [4.69, 9.17) is 19.6 Å². The van der Waals surface area contributed by atoms with Crippen LogP contribution >= 0.6 is 0 Å². The Kier molecular flexibility index (Phi) is 3.18. The number of hydrogen-bond donors (Lipinski definition) is 1. The number of methoxy groups -OCH3 is 1. The predicted octanol–water partition coefficient (Wildman–Crippen LogP) is 2.33. The normalized spacial score (nSPS) is 10.2. The van der Waals surface area contributed by atoms with Gasteiger partial charge >= 0.3 is 0 Å². The molecule has 5 heteroatoms. The van der Waals surface area contributed by atoms with Crippen LogP contribution in [0.5, 0.6) is 11.5 Å². The van der Waals surface area contributed by atoms with Crippen LogP contribution in [0, 0.1) is 0 Å². The van der Waals surface area contributed by atoms with Gasteiger partial charge in [-0.15, -0.1) is 0 Å². The van der Waals surface area contributed by atoms with Crippen molar-refractivity contribution in [3.05, 3.63) is 24.4 Å². The fourth-order valence-electron chi connectivity index (χ4n) is 1.52.